The molecule has 2 aliphatic heterocycles. The second kappa shape index (κ2) is 20.5. The van der Waals surface area contributed by atoms with Crippen molar-refractivity contribution in [3.05, 3.63) is 41.5 Å². The zero-order chi connectivity index (χ0) is 29.9. The Morgan fingerprint density at radius 3 is 2.27 bits per heavy atom. The van der Waals surface area contributed by atoms with Gasteiger partial charge >= 0.3 is 0 Å². The average molecular weight is 559 g/mol. The molecule has 2 saturated heterocycles. The maximum Gasteiger partial charge on any atom is 0.160 e. The van der Waals surface area contributed by atoms with E-state index in [2.05, 4.69) is 23.7 Å². The molecular formula is C33H54N2O5. The summed E-state index contributed by atoms with van der Waals surface area (Å²) in [6, 6.07) is 5.07. The molecule has 0 amide bonds. The molecule has 2 fully saturated rings. The van der Waals surface area contributed by atoms with Crippen molar-refractivity contribution in [2.75, 3.05) is 39.3 Å². The maximum atomic E-state index is 11.5. The molecular weight excluding hydrogens is 504 g/mol. The fraction of sp³-hybridized carbons (Fsp3) is 0.667. The van der Waals surface area contributed by atoms with Crippen LogP contribution in [0.4, 0.5) is 0 Å². The molecule has 0 saturated carbocycles. The third-order valence-corrected chi connectivity index (χ3v) is 7.35. The standard InChI is InChI=1S/C22H32N2O4.C9H16O.C2H6/c1-17(26)22-6-5-20(13-18(22)16-25)27-12-4-2-3-9-24-10-7-19(8-11-24)28-21-14-23-15-21;1-7(2)8(3)5-6-9(4)10;1-2/h5-6,13,16,19,21,23H,2-4,7-12,14-15H2,1H3;8H,1,5-6H2,2-4H3;1-2H3. The Morgan fingerprint density at radius 1 is 1.07 bits per heavy atom. The minimum atomic E-state index is -0.107. The van der Waals surface area contributed by atoms with E-state index in [0.717, 1.165) is 64.8 Å². The van der Waals surface area contributed by atoms with Crippen molar-refractivity contribution in [3.63, 3.8) is 0 Å². The van der Waals surface area contributed by atoms with Crippen LogP contribution in [0.1, 0.15) is 107 Å². The van der Waals surface area contributed by atoms with Gasteiger partial charge in [-0.1, -0.05) is 32.9 Å². The van der Waals surface area contributed by atoms with Gasteiger partial charge in [-0.05, 0) is 90.0 Å². The van der Waals surface area contributed by atoms with E-state index >= 15 is 0 Å². The number of carbonyl (C=O) groups excluding carboxylic acids is 3. The lowest BCUT2D eigenvalue weighted by Gasteiger charge is -2.36. The van der Waals surface area contributed by atoms with Crippen molar-refractivity contribution in [2.45, 2.75) is 98.7 Å². The van der Waals surface area contributed by atoms with Crippen LogP contribution >= 0.6 is 0 Å². The second-order valence-corrected chi connectivity index (χ2v) is 10.8. The predicted molar refractivity (Wildman–Crippen MR) is 164 cm³/mol. The average Bonchev–Trinajstić information content (AvgIpc) is 2.93. The topological polar surface area (TPSA) is 84.9 Å². The van der Waals surface area contributed by atoms with Crippen LogP contribution in [0.15, 0.2) is 30.4 Å². The van der Waals surface area contributed by atoms with Gasteiger partial charge in [-0.25, -0.2) is 0 Å². The van der Waals surface area contributed by atoms with Gasteiger partial charge in [0.2, 0.25) is 0 Å². The molecule has 1 aromatic carbocycles. The number of hydrogen-bond donors (Lipinski definition) is 1. The van der Waals surface area contributed by atoms with E-state index in [1.807, 2.05) is 20.8 Å². The number of ketones is 2. The van der Waals surface area contributed by atoms with E-state index in [1.165, 1.54) is 18.9 Å². The highest BCUT2D eigenvalue weighted by Crippen LogP contribution is 2.19. The van der Waals surface area contributed by atoms with Crippen LogP contribution in [0, 0.1) is 5.92 Å². The summed E-state index contributed by atoms with van der Waals surface area (Å²) in [5, 5.41) is 3.25. The molecule has 1 atom stereocenters. The number of nitrogens with zero attached hydrogens (tertiary/aromatic N) is 1. The van der Waals surface area contributed by atoms with Gasteiger partial charge in [0.15, 0.2) is 12.1 Å². The predicted octanol–water partition coefficient (Wildman–Crippen LogP) is 6.30. The summed E-state index contributed by atoms with van der Waals surface area (Å²) < 4.78 is 11.8. The van der Waals surface area contributed by atoms with Crippen LogP contribution in [0.2, 0.25) is 0 Å². The molecule has 2 heterocycles. The lowest BCUT2D eigenvalue weighted by molar-refractivity contribution is -0.117. The first-order chi connectivity index (χ1) is 19.2. The van der Waals surface area contributed by atoms with Crippen LogP contribution in [-0.4, -0.2) is 74.3 Å². The van der Waals surface area contributed by atoms with Crippen molar-refractivity contribution < 1.29 is 23.9 Å². The maximum absolute atomic E-state index is 11.5. The highest BCUT2D eigenvalue weighted by Gasteiger charge is 2.25. The Bertz CT molecular complexity index is 904. The van der Waals surface area contributed by atoms with E-state index in [4.69, 9.17) is 9.47 Å². The molecule has 226 valence electrons. The highest BCUT2D eigenvalue weighted by molar-refractivity contribution is 6.01. The van der Waals surface area contributed by atoms with Crippen LogP contribution < -0.4 is 10.1 Å². The Hall–Kier alpha value is -2.35. The van der Waals surface area contributed by atoms with Crippen molar-refractivity contribution in [1.82, 2.24) is 10.2 Å². The number of hydrogen-bond acceptors (Lipinski definition) is 7. The van der Waals surface area contributed by atoms with Crippen molar-refractivity contribution >= 4 is 17.9 Å². The van der Waals surface area contributed by atoms with E-state index in [9.17, 15) is 14.4 Å². The number of Topliss-reactive ketones (excluding diaryl/α,β-unsaturated/α-hetero) is 2. The summed E-state index contributed by atoms with van der Waals surface area (Å²) in [7, 11) is 0. The Morgan fingerprint density at radius 2 is 1.75 bits per heavy atom. The van der Waals surface area contributed by atoms with Crippen molar-refractivity contribution in [2.24, 2.45) is 5.92 Å². The first-order valence-electron chi connectivity index (χ1n) is 15.2. The highest BCUT2D eigenvalue weighted by atomic mass is 16.5. The number of likely N-dealkylation sites (tertiary alicyclic amines) is 1. The van der Waals surface area contributed by atoms with Gasteiger partial charge in [0, 0.05) is 43.7 Å². The molecule has 1 unspecified atom stereocenters. The van der Waals surface area contributed by atoms with E-state index in [0.29, 0.717) is 54.3 Å². The number of piperidine rings is 1. The summed E-state index contributed by atoms with van der Waals surface area (Å²) in [5.74, 6) is 1.30. The molecule has 7 heteroatoms. The van der Waals surface area contributed by atoms with Gasteiger partial charge in [-0.15, -0.1) is 0 Å². The number of ether oxygens (including phenoxy) is 2. The van der Waals surface area contributed by atoms with Gasteiger partial charge in [0.05, 0.1) is 18.8 Å². The van der Waals surface area contributed by atoms with E-state index < -0.39 is 0 Å². The zero-order valence-corrected chi connectivity index (χ0v) is 25.9. The van der Waals surface area contributed by atoms with Crippen molar-refractivity contribution in [1.29, 1.82) is 0 Å². The number of unbranched alkanes of at least 4 members (excludes halogenated alkanes) is 2. The van der Waals surface area contributed by atoms with Gasteiger partial charge in [-0.2, -0.15) is 0 Å². The minimum Gasteiger partial charge on any atom is -0.494 e. The quantitative estimate of drug-likeness (QED) is 0.117. The van der Waals surface area contributed by atoms with Gasteiger partial charge < -0.3 is 24.5 Å². The van der Waals surface area contributed by atoms with Gasteiger partial charge in [0.1, 0.15) is 11.5 Å². The first kappa shape index (κ1) is 35.7. The molecule has 1 aromatic rings. The van der Waals surface area contributed by atoms with E-state index in [-0.39, 0.29) is 11.6 Å². The normalized spacial score (nSPS) is 16.4. The molecule has 40 heavy (non-hydrogen) atoms. The molecule has 0 aromatic heterocycles. The lowest BCUT2D eigenvalue weighted by Crippen LogP contribution is -2.51. The van der Waals surface area contributed by atoms with E-state index in [1.54, 1.807) is 25.1 Å². The number of carbonyl (C=O) groups is 3. The molecule has 1 N–H and O–H groups in total. The molecule has 0 spiro atoms. The Kier molecular flexibility index (Phi) is 18.3. The number of rotatable bonds is 15. The Labute approximate surface area is 243 Å². The molecule has 3 rings (SSSR count). The molecule has 2 aliphatic rings. The number of allylic oxidation sites excluding steroid dienone is 1. The van der Waals surface area contributed by atoms with Crippen molar-refractivity contribution in [3.8, 4) is 5.75 Å². The molecule has 0 bridgehead atoms. The largest absolute Gasteiger partial charge is 0.494 e. The summed E-state index contributed by atoms with van der Waals surface area (Å²) in [4.78, 5) is 35.7. The monoisotopic (exact) mass is 558 g/mol. The fourth-order valence-electron chi connectivity index (χ4n) is 4.42. The first-order valence-corrected chi connectivity index (χ1v) is 15.2. The number of aldehydes is 1. The smallest absolute Gasteiger partial charge is 0.160 e. The third kappa shape index (κ3) is 14.3. The van der Waals surface area contributed by atoms with Crippen LogP contribution in [-0.2, 0) is 9.53 Å². The van der Waals surface area contributed by atoms with Crippen LogP contribution in [0.5, 0.6) is 5.75 Å². The minimum absolute atomic E-state index is 0.107. The summed E-state index contributed by atoms with van der Waals surface area (Å²) in [6.07, 6.45) is 8.81. The van der Waals surface area contributed by atoms with Gasteiger partial charge in [0.25, 0.3) is 0 Å². The second-order valence-electron chi connectivity index (χ2n) is 10.8. The third-order valence-electron chi connectivity index (χ3n) is 7.35. The number of nitrogens with one attached hydrogen (secondary N) is 1. The zero-order valence-electron chi connectivity index (χ0n) is 25.9. The molecule has 0 aliphatic carbocycles. The lowest BCUT2D eigenvalue weighted by atomic mass is 9.98. The number of benzene rings is 1. The molecule has 7 nitrogen and oxygen atoms in total. The Balaban J connectivity index is 0.000000565. The molecule has 0 radical (unpaired) electrons. The summed E-state index contributed by atoms with van der Waals surface area (Å²) in [6.45, 7) is 21.1. The van der Waals surface area contributed by atoms with Gasteiger partial charge in [-0.3, -0.25) is 9.59 Å². The fourth-order valence-corrected chi connectivity index (χ4v) is 4.42. The van der Waals surface area contributed by atoms with Crippen LogP contribution in [0.25, 0.3) is 0 Å². The summed E-state index contributed by atoms with van der Waals surface area (Å²) >= 11 is 0. The summed E-state index contributed by atoms with van der Waals surface area (Å²) in [5.41, 5.74) is 2.01. The SMILES string of the molecule is C=C(C)C(C)CCC(C)=O.CC.CC(=O)c1ccc(OCCCCCN2CCC(OC3CNC3)CC2)cc1C=O. The van der Waals surface area contributed by atoms with Crippen LogP contribution in [0.3, 0.4) is 0 Å².